The van der Waals surface area contributed by atoms with Crippen LogP contribution in [-0.4, -0.2) is 15.1 Å². The van der Waals surface area contributed by atoms with Crippen molar-refractivity contribution in [1.29, 1.82) is 0 Å². The molecule has 5 nitrogen and oxygen atoms in total. The van der Waals surface area contributed by atoms with Crippen molar-refractivity contribution in [2.24, 2.45) is 10.2 Å². The van der Waals surface area contributed by atoms with Gasteiger partial charge < -0.3 is 5.11 Å². The molecule has 5 heteroatoms. The van der Waals surface area contributed by atoms with Gasteiger partial charge in [0.1, 0.15) is 17.3 Å². The Labute approximate surface area is 150 Å². The van der Waals surface area contributed by atoms with Crippen LogP contribution in [0.4, 0.5) is 5.82 Å². The van der Waals surface area contributed by atoms with Gasteiger partial charge in [0.25, 0.3) is 0 Å². The van der Waals surface area contributed by atoms with Crippen molar-refractivity contribution in [2.45, 2.75) is 6.04 Å². The molecular weight excluding hydrogens is 324 g/mol. The summed E-state index contributed by atoms with van der Waals surface area (Å²) in [6.45, 7) is 0. The number of phenolic OH excluding ortho intramolecular Hbond substituents is 1. The van der Waals surface area contributed by atoms with Crippen LogP contribution in [-0.2, 0) is 0 Å². The molecule has 0 amide bonds. The van der Waals surface area contributed by atoms with Gasteiger partial charge in [-0.25, -0.2) is 9.97 Å². The summed E-state index contributed by atoms with van der Waals surface area (Å²) in [7, 11) is 0. The van der Waals surface area contributed by atoms with Crippen LogP contribution in [0.2, 0.25) is 0 Å². The third-order valence-electron chi connectivity index (χ3n) is 4.04. The Morgan fingerprint density at radius 2 is 1.65 bits per heavy atom. The summed E-state index contributed by atoms with van der Waals surface area (Å²) in [6, 6.07) is 24.1. The van der Waals surface area contributed by atoms with Gasteiger partial charge in [-0.05, 0) is 29.8 Å². The van der Waals surface area contributed by atoms with Gasteiger partial charge in [0, 0.05) is 11.6 Å². The Hall–Kier alpha value is -3.60. The number of azo groups is 1. The fourth-order valence-corrected chi connectivity index (χ4v) is 2.76. The minimum atomic E-state index is -0.387. The Bertz CT molecular complexity index is 1050. The molecule has 126 valence electrons. The molecule has 0 radical (unpaired) electrons. The van der Waals surface area contributed by atoms with Gasteiger partial charge in [0.2, 0.25) is 0 Å². The molecule has 4 aromatic rings. The van der Waals surface area contributed by atoms with E-state index in [4.69, 9.17) is 0 Å². The lowest BCUT2D eigenvalue weighted by molar-refractivity contribution is 0.480. The Morgan fingerprint density at radius 1 is 0.808 bits per heavy atom. The third kappa shape index (κ3) is 3.28. The second-order valence-electron chi connectivity index (χ2n) is 5.80. The largest absolute Gasteiger partial charge is 0.506 e. The zero-order chi connectivity index (χ0) is 17.8. The molecule has 0 fully saturated rings. The minimum Gasteiger partial charge on any atom is -0.506 e. The van der Waals surface area contributed by atoms with Gasteiger partial charge in [0.15, 0.2) is 5.82 Å². The third-order valence-corrected chi connectivity index (χ3v) is 4.04. The van der Waals surface area contributed by atoms with Crippen molar-refractivity contribution < 1.29 is 5.11 Å². The van der Waals surface area contributed by atoms with E-state index in [0.717, 1.165) is 10.9 Å². The normalized spacial score (nSPS) is 12.5. The molecule has 4 rings (SSSR count). The number of benzene rings is 2. The number of para-hydroxylation sites is 1. The van der Waals surface area contributed by atoms with E-state index in [0.29, 0.717) is 17.0 Å². The molecule has 0 aliphatic heterocycles. The molecule has 1 atom stereocenters. The fraction of sp³-hybridized carbons (Fsp3) is 0.0476. The number of hydrogen-bond donors (Lipinski definition) is 1. The maximum atomic E-state index is 10.1. The van der Waals surface area contributed by atoms with Crippen LogP contribution in [0, 0.1) is 0 Å². The van der Waals surface area contributed by atoms with E-state index in [-0.39, 0.29) is 11.8 Å². The van der Waals surface area contributed by atoms with Gasteiger partial charge in [-0.15, -0.1) is 5.11 Å². The summed E-state index contributed by atoms with van der Waals surface area (Å²) in [4.78, 5) is 8.82. The van der Waals surface area contributed by atoms with E-state index in [1.807, 2.05) is 60.7 Å². The standard InChI is InChI=1S/C21H16N4O/c26-18-10-6-9-16-12-13-17(23-21(16)18)20(15-7-2-1-3-8-15)25-24-19-11-4-5-14-22-19/h1-14,20,26H. The highest BCUT2D eigenvalue weighted by molar-refractivity contribution is 5.84. The lowest BCUT2D eigenvalue weighted by Crippen LogP contribution is -2.00. The highest BCUT2D eigenvalue weighted by Gasteiger charge is 2.16. The van der Waals surface area contributed by atoms with E-state index in [2.05, 4.69) is 20.2 Å². The Balaban J connectivity index is 1.80. The van der Waals surface area contributed by atoms with E-state index < -0.39 is 0 Å². The lowest BCUT2D eigenvalue weighted by atomic mass is 10.0. The van der Waals surface area contributed by atoms with Crippen molar-refractivity contribution >= 4 is 16.7 Å². The lowest BCUT2D eigenvalue weighted by Gasteiger charge is -2.12. The Kier molecular flexibility index (Phi) is 4.35. The van der Waals surface area contributed by atoms with Gasteiger partial charge in [-0.3, -0.25) is 0 Å². The molecule has 0 aliphatic rings. The number of fused-ring (bicyclic) bond motifs is 1. The van der Waals surface area contributed by atoms with Crippen LogP contribution in [0.15, 0.2) is 95.3 Å². The first-order chi connectivity index (χ1) is 12.8. The number of aromatic nitrogens is 2. The van der Waals surface area contributed by atoms with E-state index in [1.165, 1.54) is 0 Å². The van der Waals surface area contributed by atoms with Crippen LogP contribution in [0.3, 0.4) is 0 Å². The predicted octanol–water partition coefficient (Wildman–Crippen LogP) is 5.21. The molecule has 0 spiro atoms. The second kappa shape index (κ2) is 7.11. The zero-order valence-electron chi connectivity index (χ0n) is 13.9. The summed E-state index contributed by atoms with van der Waals surface area (Å²) < 4.78 is 0. The first-order valence-corrected chi connectivity index (χ1v) is 8.27. The monoisotopic (exact) mass is 340 g/mol. The molecule has 2 aromatic carbocycles. The predicted molar refractivity (Wildman–Crippen MR) is 100 cm³/mol. The molecular formula is C21H16N4O. The highest BCUT2D eigenvalue weighted by atomic mass is 16.3. The van der Waals surface area contributed by atoms with E-state index >= 15 is 0 Å². The molecule has 0 aliphatic carbocycles. The number of phenols is 1. The molecule has 2 aromatic heterocycles. The average molecular weight is 340 g/mol. The van der Waals surface area contributed by atoms with Gasteiger partial charge in [-0.1, -0.05) is 54.6 Å². The maximum absolute atomic E-state index is 10.1. The number of nitrogens with zero attached hydrogens (tertiary/aromatic N) is 4. The van der Waals surface area contributed by atoms with Gasteiger partial charge >= 0.3 is 0 Å². The minimum absolute atomic E-state index is 0.151. The number of rotatable bonds is 4. The number of hydrogen-bond acceptors (Lipinski definition) is 5. The maximum Gasteiger partial charge on any atom is 0.173 e. The first-order valence-electron chi connectivity index (χ1n) is 8.27. The highest BCUT2D eigenvalue weighted by Crippen LogP contribution is 2.30. The van der Waals surface area contributed by atoms with Gasteiger partial charge in [-0.2, -0.15) is 5.11 Å². The number of pyridine rings is 2. The van der Waals surface area contributed by atoms with E-state index in [1.54, 1.807) is 24.4 Å². The summed E-state index contributed by atoms with van der Waals surface area (Å²) in [6.07, 6.45) is 1.68. The fourth-order valence-electron chi connectivity index (χ4n) is 2.76. The van der Waals surface area contributed by atoms with Crippen LogP contribution in [0.5, 0.6) is 5.75 Å². The van der Waals surface area contributed by atoms with Crippen LogP contribution in [0.25, 0.3) is 10.9 Å². The molecule has 0 saturated heterocycles. The molecule has 2 heterocycles. The summed E-state index contributed by atoms with van der Waals surface area (Å²) >= 11 is 0. The van der Waals surface area contributed by atoms with Crippen molar-refractivity contribution in [1.82, 2.24) is 9.97 Å². The SMILES string of the molecule is Oc1cccc2ccc(C(N=Nc3ccccn3)c3ccccc3)nc12. The topological polar surface area (TPSA) is 70.7 Å². The smallest absolute Gasteiger partial charge is 0.173 e. The molecule has 26 heavy (non-hydrogen) atoms. The van der Waals surface area contributed by atoms with E-state index in [9.17, 15) is 5.11 Å². The summed E-state index contributed by atoms with van der Waals surface area (Å²) in [5.74, 6) is 0.690. The number of aromatic hydroxyl groups is 1. The van der Waals surface area contributed by atoms with Crippen molar-refractivity contribution in [3.05, 3.63) is 96.3 Å². The molecule has 1 unspecified atom stereocenters. The summed E-state index contributed by atoms with van der Waals surface area (Å²) in [5, 5.41) is 19.8. The quantitative estimate of drug-likeness (QED) is 0.518. The summed E-state index contributed by atoms with van der Waals surface area (Å²) in [5.41, 5.74) is 2.23. The van der Waals surface area contributed by atoms with Gasteiger partial charge in [0.05, 0.1) is 5.69 Å². The zero-order valence-corrected chi connectivity index (χ0v) is 13.9. The van der Waals surface area contributed by atoms with Crippen molar-refractivity contribution in [3.63, 3.8) is 0 Å². The average Bonchev–Trinajstić information content (AvgIpc) is 2.70. The molecule has 0 saturated carbocycles. The first kappa shape index (κ1) is 15.9. The molecule has 1 N–H and O–H groups in total. The van der Waals surface area contributed by atoms with Crippen molar-refractivity contribution in [3.8, 4) is 5.75 Å². The van der Waals surface area contributed by atoms with Crippen molar-refractivity contribution in [2.75, 3.05) is 0 Å². The van der Waals surface area contributed by atoms with Crippen LogP contribution >= 0.6 is 0 Å². The second-order valence-corrected chi connectivity index (χ2v) is 5.80. The Morgan fingerprint density at radius 3 is 2.46 bits per heavy atom. The van der Waals surface area contributed by atoms with Crippen LogP contribution < -0.4 is 0 Å². The van der Waals surface area contributed by atoms with Crippen LogP contribution in [0.1, 0.15) is 17.3 Å². The molecule has 0 bridgehead atoms.